The number of hydrogen-bond donors (Lipinski definition) is 2. The average Bonchev–Trinajstić information content (AvgIpc) is 2.41. The fourth-order valence-electron chi connectivity index (χ4n) is 2.30. The first-order chi connectivity index (χ1) is 9.58. The van der Waals surface area contributed by atoms with Gasteiger partial charge in [-0.25, -0.2) is 0 Å². The van der Waals surface area contributed by atoms with E-state index in [9.17, 15) is 5.11 Å². The Morgan fingerprint density at radius 3 is 2.40 bits per heavy atom. The number of phenolic OH excluding ortho intramolecular Hbond substituents is 1. The summed E-state index contributed by atoms with van der Waals surface area (Å²) in [4.78, 5) is 2.14. The van der Waals surface area contributed by atoms with Crippen molar-refractivity contribution >= 4 is 5.69 Å². The lowest BCUT2D eigenvalue weighted by molar-refractivity contribution is 0.403. The number of nitrogens with zero attached hydrogens (tertiary/aromatic N) is 1. The van der Waals surface area contributed by atoms with Crippen molar-refractivity contribution in [1.82, 2.24) is 4.90 Å². The summed E-state index contributed by atoms with van der Waals surface area (Å²) in [6, 6.07) is 15.8. The lowest BCUT2D eigenvalue weighted by Gasteiger charge is -2.20. The largest absolute Gasteiger partial charge is 0.508 e. The van der Waals surface area contributed by atoms with E-state index in [0.29, 0.717) is 5.75 Å². The number of phenols is 1. The third kappa shape index (κ3) is 3.52. The molecule has 0 amide bonds. The van der Waals surface area contributed by atoms with Crippen LogP contribution in [0.15, 0.2) is 48.5 Å². The van der Waals surface area contributed by atoms with Gasteiger partial charge >= 0.3 is 0 Å². The Bertz CT molecular complexity index is 566. The molecule has 20 heavy (non-hydrogen) atoms. The highest BCUT2D eigenvalue weighted by atomic mass is 16.3. The van der Waals surface area contributed by atoms with Crippen molar-refractivity contribution in [2.45, 2.75) is 19.5 Å². The number of rotatable bonds is 5. The number of nitrogens with one attached hydrogen (secondary N) is 1. The standard InChI is InChI=1S/C17H22N2O/c1-13(15-9-5-7-11-17(15)20)18-16-10-6-4-8-14(16)12-19(2)3/h4-11,13,18,20H,12H2,1-3H3. The molecule has 0 saturated heterocycles. The van der Waals surface area contributed by atoms with Crippen LogP contribution < -0.4 is 5.32 Å². The maximum atomic E-state index is 9.93. The van der Waals surface area contributed by atoms with E-state index < -0.39 is 0 Å². The predicted octanol–water partition coefficient (Wildman–Crippen LogP) is 3.63. The van der Waals surface area contributed by atoms with E-state index in [1.165, 1.54) is 5.56 Å². The molecular formula is C17H22N2O. The van der Waals surface area contributed by atoms with E-state index in [4.69, 9.17) is 0 Å². The van der Waals surface area contributed by atoms with Gasteiger partial charge in [-0.05, 0) is 38.7 Å². The van der Waals surface area contributed by atoms with Crippen LogP contribution in [0.5, 0.6) is 5.75 Å². The fourth-order valence-corrected chi connectivity index (χ4v) is 2.30. The maximum absolute atomic E-state index is 9.93. The first-order valence-corrected chi connectivity index (χ1v) is 6.85. The summed E-state index contributed by atoms with van der Waals surface area (Å²) >= 11 is 0. The molecule has 0 saturated carbocycles. The van der Waals surface area contributed by atoms with Crippen LogP contribution in [-0.2, 0) is 6.54 Å². The van der Waals surface area contributed by atoms with Crippen LogP contribution in [0.1, 0.15) is 24.1 Å². The minimum absolute atomic E-state index is 0.0551. The Labute approximate surface area is 120 Å². The molecule has 3 nitrogen and oxygen atoms in total. The molecule has 0 aliphatic heterocycles. The van der Waals surface area contributed by atoms with E-state index in [1.807, 2.05) is 24.3 Å². The Morgan fingerprint density at radius 1 is 1.05 bits per heavy atom. The summed E-state index contributed by atoms with van der Waals surface area (Å²) in [7, 11) is 4.12. The monoisotopic (exact) mass is 270 g/mol. The van der Waals surface area contributed by atoms with E-state index in [2.05, 4.69) is 49.4 Å². The average molecular weight is 270 g/mol. The molecule has 106 valence electrons. The fraction of sp³-hybridized carbons (Fsp3) is 0.294. The lowest BCUT2D eigenvalue weighted by atomic mass is 10.1. The summed E-state index contributed by atoms with van der Waals surface area (Å²) in [5.74, 6) is 0.331. The van der Waals surface area contributed by atoms with E-state index in [0.717, 1.165) is 17.8 Å². The second-order valence-electron chi connectivity index (χ2n) is 5.32. The van der Waals surface area contributed by atoms with Gasteiger partial charge in [0.15, 0.2) is 0 Å². The van der Waals surface area contributed by atoms with Gasteiger partial charge in [-0.15, -0.1) is 0 Å². The van der Waals surface area contributed by atoms with Gasteiger partial charge < -0.3 is 15.3 Å². The van der Waals surface area contributed by atoms with E-state index in [1.54, 1.807) is 6.07 Å². The number of aromatic hydroxyl groups is 1. The van der Waals surface area contributed by atoms with Gasteiger partial charge in [0.05, 0.1) is 6.04 Å². The highest BCUT2D eigenvalue weighted by Gasteiger charge is 2.11. The van der Waals surface area contributed by atoms with Crippen LogP contribution in [0.25, 0.3) is 0 Å². The Hall–Kier alpha value is -2.00. The van der Waals surface area contributed by atoms with Crippen LogP contribution in [-0.4, -0.2) is 24.1 Å². The highest BCUT2D eigenvalue weighted by Crippen LogP contribution is 2.28. The molecule has 2 rings (SSSR count). The smallest absolute Gasteiger partial charge is 0.120 e. The van der Waals surface area contributed by atoms with Gasteiger partial charge in [0, 0.05) is 17.8 Å². The first kappa shape index (κ1) is 14.4. The molecule has 0 bridgehead atoms. The molecule has 0 aliphatic rings. The molecule has 0 aliphatic carbocycles. The molecule has 0 heterocycles. The minimum Gasteiger partial charge on any atom is -0.508 e. The lowest BCUT2D eigenvalue weighted by Crippen LogP contribution is -2.14. The van der Waals surface area contributed by atoms with Crippen molar-refractivity contribution in [3.63, 3.8) is 0 Å². The van der Waals surface area contributed by atoms with Crippen LogP contribution in [0.4, 0.5) is 5.69 Å². The predicted molar refractivity (Wildman–Crippen MR) is 84.0 cm³/mol. The van der Waals surface area contributed by atoms with Crippen molar-refractivity contribution in [2.24, 2.45) is 0 Å². The third-order valence-corrected chi connectivity index (χ3v) is 3.28. The van der Waals surface area contributed by atoms with Gasteiger partial charge in [-0.1, -0.05) is 36.4 Å². The summed E-state index contributed by atoms with van der Waals surface area (Å²) in [5.41, 5.74) is 3.27. The van der Waals surface area contributed by atoms with Gasteiger partial charge in [-0.3, -0.25) is 0 Å². The SMILES string of the molecule is CC(Nc1ccccc1CN(C)C)c1ccccc1O. The van der Waals surface area contributed by atoms with Gasteiger partial charge in [0.2, 0.25) is 0 Å². The van der Waals surface area contributed by atoms with Gasteiger partial charge in [0.25, 0.3) is 0 Å². The number of hydrogen-bond acceptors (Lipinski definition) is 3. The van der Waals surface area contributed by atoms with Crippen molar-refractivity contribution < 1.29 is 5.11 Å². The second-order valence-corrected chi connectivity index (χ2v) is 5.32. The van der Waals surface area contributed by atoms with E-state index >= 15 is 0 Å². The highest BCUT2D eigenvalue weighted by molar-refractivity contribution is 5.53. The zero-order valence-corrected chi connectivity index (χ0v) is 12.3. The van der Waals surface area contributed by atoms with Crippen molar-refractivity contribution in [2.75, 3.05) is 19.4 Å². The molecule has 2 aromatic rings. The molecule has 2 N–H and O–H groups in total. The van der Waals surface area contributed by atoms with Crippen LogP contribution >= 0.6 is 0 Å². The van der Waals surface area contributed by atoms with Crippen LogP contribution in [0, 0.1) is 0 Å². The topological polar surface area (TPSA) is 35.5 Å². The summed E-state index contributed by atoms with van der Waals surface area (Å²) in [6.07, 6.45) is 0. The molecule has 3 heteroatoms. The zero-order valence-electron chi connectivity index (χ0n) is 12.3. The number of benzene rings is 2. The molecule has 0 spiro atoms. The Morgan fingerprint density at radius 2 is 1.70 bits per heavy atom. The van der Waals surface area contributed by atoms with Crippen molar-refractivity contribution in [3.05, 3.63) is 59.7 Å². The molecule has 1 unspecified atom stereocenters. The molecule has 0 aromatic heterocycles. The second kappa shape index (κ2) is 6.44. The summed E-state index contributed by atoms with van der Waals surface area (Å²) < 4.78 is 0. The van der Waals surface area contributed by atoms with Crippen molar-refractivity contribution in [1.29, 1.82) is 0 Å². The summed E-state index contributed by atoms with van der Waals surface area (Å²) in [6.45, 7) is 2.94. The molecule has 0 radical (unpaired) electrons. The quantitative estimate of drug-likeness (QED) is 0.871. The van der Waals surface area contributed by atoms with Crippen LogP contribution in [0.2, 0.25) is 0 Å². The summed E-state index contributed by atoms with van der Waals surface area (Å²) in [5, 5.41) is 13.4. The molecule has 2 aromatic carbocycles. The molecule has 1 atom stereocenters. The first-order valence-electron chi connectivity index (χ1n) is 6.85. The third-order valence-electron chi connectivity index (χ3n) is 3.28. The normalized spacial score (nSPS) is 12.4. The van der Waals surface area contributed by atoms with Gasteiger partial charge in [0.1, 0.15) is 5.75 Å². The number of para-hydroxylation sites is 2. The zero-order chi connectivity index (χ0) is 14.5. The van der Waals surface area contributed by atoms with E-state index in [-0.39, 0.29) is 6.04 Å². The Balaban J connectivity index is 2.20. The molecular weight excluding hydrogens is 248 g/mol. The van der Waals surface area contributed by atoms with Crippen LogP contribution in [0.3, 0.4) is 0 Å². The molecule has 0 fully saturated rings. The number of anilines is 1. The minimum atomic E-state index is 0.0551. The van der Waals surface area contributed by atoms with Crippen molar-refractivity contribution in [3.8, 4) is 5.75 Å². The maximum Gasteiger partial charge on any atom is 0.120 e. The van der Waals surface area contributed by atoms with Gasteiger partial charge in [-0.2, -0.15) is 0 Å². The Kier molecular flexibility index (Phi) is 4.64.